The summed E-state index contributed by atoms with van der Waals surface area (Å²) in [7, 11) is 1.70. The second kappa shape index (κ2) is 6.36. The molecule has 22 heavy (non-hydrogen) atoms. The van der Waals surface area contributed by atoms with Crippen molar-refractivity contribution in [3.8, 4) is 0 Å². The molecule has 1 heterocycles. The van der Waals surface area contributed by atoms with E-state index in [1.807, 2.05) is 12.1 Å². The lowest BCUT2D eigenvalue weighted by Crippen LogP contribution is -2.70. The first-order valence-electron chi connectivity index (χ1n) is 7.39. The monoisotopic (exact) mass is 305 g/mol. The Morgan fingerprint density at radius 3 is 2.73 bits per heavy atom. The van der Waals surface area contributed by atoms with E-state index in [4.69, 9.17) is 0 Å². The van der Waals surface area contributed by atoms with Crippen LogP contribution in [0.1, 0.15) is 17.5 Å². The highest BCUT2D eigenvalue weighted by Crippen LogP contribution is 2.29. The van der Waals surface area contributed by atoms with Gasteiger partial charge in [-0.2, -0.15) is 0 Å². The smallest absolute Gasteiger partial charge is 0.408 e. The standard InChI is InChI=1S/C16H23N3O3/c1-12-5-4-6-14(13(12)2)18-8-9-19(15(21)22)16(11-18,17-3)7-10-20/h4-6,10,17H,7-9,11H2,1-3H3,(H,21,22). The molecule has 1 aromatic carbocycles. The molecular weight excluding hydrogens is 282 g/mol. The molecule has 120 valence electrons. The third-order valence-electron chi connectivity index (χ3n) is 4.60. The molecule has 1 atom stereocenters. The molecule has 2 rings (SSSR count). The quantitative estimate of drug-likeness (QED) is 0.827. The Hall–Kier alpha value is -2.08. The molecule has 0 radical (unpaired) electrons. The van der Waals surface area contributed by atoms with Crippen LogP contribution in [0.4, 0.5) is 10.5 Å². The van der Waals surface area contributed by atoms with Crippen molar-refractivity contribution < 1.29 is 14.7 Å². The second-order valence-electron chi connectivity index (χ2n) is 5.73. The first kappa shape index (κ1) is 16.3. The Labute approximate surface area is 130 Å². The van der Waals surface area contributed by atoms with Crippen molar-refractivity contribution in [2.45, 2.75) is 25.9 Å². The first-order valence-corrected chi connectivity index (χ1v) is 7.39. The van der Waals surface area contributed by atoms with Crippen LogP contribution in [0.5, 0.6) is 0 Å². The molecule has 0 aliphatic carbocycles. The maximum absolute atomic E-state index is 11.5. The van der Waals surface area contributed by atoms with Crippen molar-refractivity contribution in [2.24, 2.45) is 0 Å². The number of amides is 1. The van der Waals surface area contributed by atoms with Crippen LogP contribution in [0, 0.1) is 13.8 Å². The largest absolute Gasteiger partial charge is 0.465 e. The van der Waals surface area contributed by atoms with Crippen LogP contribution in [0.15, 0.2) is 18.2 Å². The molecule has 0 bridgehead atoms. The lowest BCUT2D eigenvalue weighted by atomic mass is 9.99. The minimum absolute atomic E-state index is 0.122. The summed E-state index contributed by atoms with van der Waals surface area (Å²) in [5.41, 5.74) is 2.59. The normalized spacial score (nSPS) is 21.8. The van der Waals surface area contributed by atoms with E-state index in [0.29, 0.717) is 19.6 Å². The number of nitrogens with one attached hydrogen (secondary N) is 1. The lowest BCUT2D eigenvalue weighted by molar-refractivity contribution is -0.110. The highest BCUT2D eigenvalue weighted by atomic mass is 16.4. The number of anilines is 1. The average Bonchev–Trinajstić information content (AvgIpc) is 2.50. The van der Waals surface area contributed by atoms with Gasteiger partial charge in [-0.1, -0.05) is 12.1 Å². The van der Waals surface area contributed by atoms with Crippen LogP contribution >= 0.6 is 0 Å². The summed E-state index contributed by atoms with van der Waals surface area (Å²) in [5, 5.41) is 12.5. The predicted octanol–water partition coefficient (Wildman–Crippen LogP) is 1.61. The Balaban J connectivity index is 2.37. The Kier molecular flexibility index (Phi) is 4.71. The van der Waals surface area contributed by atoms with Gasteiger partial charge in [0.25, 0.3) is 0 Å². The van der Waals surface area contributed by atoms with Crippen LogP contribution < -0.4 is 10.2 Å². The maximum Gasteiger partial charge on any atom is 0.408 e. The van der Waals surface area contributed by atoms with Crippen molar-refractivity contribution in [3.05, 3.63) is 29.3 Å². The number of nitrogens with zero attached hydrogens (tertiary/aromatic N) is 2. The molecule has 1 fully saturated rings. The summed E-state index contributed by atoms with van der Waals surface area (Å²) < 4.78 is 0. The Bertz CT molecular complexity index is 576. The van der Waals surface area contributed by atoms with Gasteiger partial charge in [0, 0.05) is 25.2 Å². The van der Waals surface area contributed by atoms with Crippen LogP contribution in [-0.2, 0) is 4.79 Å². The number of carbonyl (C=O) groups is 2. The number of likely N-dealkylation sites (N-methyl/N-ethyl adjacent to an activating group) is 1. The molecular formula is C16H23N3O3. The molecule has 1 aliphatic heterocycles. The second-order valence-corrected chi connectivity index (χ2v) is 5.73. The fraction of sp³-hybridized carbons (Fsp3) is 0.500. The molecule has 0 saturated carbocycles. The van der Waals surface area contributed by atoms with Crippen molar-refractivity contribution in [2.75, 3.05) is 31.6 Å². The summed E-state index contributed by atoms with van der Waals surface area (Å²) in [6.45, 7) is 5.53. The van der Waals surface area contributed by atoms with Crippen molar-refractivity contribution in [3.63, 3.8) is 0 Å². The Morgan fingerprint density at radius 1 is 1.41 bits per heavy atom. The number of piperazine rings is 1. The van der Waals surface area contributed by atoms with Gasteiger partial charge in [0.2, 0.25) is 0 Å². The van der Waals surface area contributed by atoms with Gasteiger partial charge in [-0.3, -0.25) is 10.2 Å². The summed E-state index contributed by atoms with van der Waals surface area (Å²) >= 11 is 0. The molecule has 6 heteroatoms. The molecule has 6 nitrogen and oxygen atoms in total. The fourth-order valence-corrected chi connectivity index (χ4v) is 3.11. The van der Waals surface area contributed by atoms with Gasteiger partial charge in [-0.25, -0.2) is 4.79 Å². The van der Waals surface area contributed by atoms with E-state index in [9.17, 15) is 14.7 Å². The van der Waals surface area contributed by atoms with E-state index in [2.05, 4.69) is 30.1 Å². The third kappa shape index (κ3) is 2.78. The van der Waals surface area contributed by atoms with E-state index in [1.165, 1.54) is 16.0 Å². The van der Waals surface area contributed by atoms with E-state index in [0.717, 1.165) is 12.0 Å². The van der Waals surface area contributed by atoms with Gasteiger partial charge in [-0.05, 0) is 38.1 Å². The maximum atomic E-state index is 11.5. The Morgan fingerprint density at radius 2 is 2.14 bits per heavy atom. The number of hydrogen-bond donors (Lipinski definition) is 2. The SMILES string of the molecule is CNC1(CC=O)CN(c2cccc(C)c2C)CCN1C(=O)O. The molecule has 1 aromatic rings. The van der Waals surface area contributed by atoms with Crippen molar-refractivity contribution in [1.82, 2.24) is 10.2 Å². The number of carboxylic acid groups (broad SMARTS) is 1. The highest BCUT2D eigenvalue weighted by Gasteiger charge is 2.43. The van der Waals surface area contributed by atoms with Crippen molar-refractivity contribution in [1.29, 1.82) is 0 Å². The molecule has 0 aromatic heterocycles. The van der Waals surface area contributed by atoms with Gasteiger partial charge >= 0.3 is 6.09 Å². The highest BCUT2D eigenvalue weighted by molar-refractivity contribution is 5.69. The third-order valence-corrected chi connectivity index (χ3v) is 4.60. The number of hydrogen-bond acceptors (Lipinski definition) is 4. The number of aryl methyl sites for hydroxylation is 1. The number of benzene rings is 1. The van der Waals surface area contributed by atoms with Gasteiger partial charge in [-0.15, -0.1) is 0 Å². The van der Waals surface area contributed by atoms with E-state index in [-0.39, 0.29) is 6.42 Å². The minimum Gasteiger partial charge on any atom is -0.465 e. The fourth-order valence-electron chi connectivity index (χ4n) is 3.11. The minimum atomic E-state index is -1.00. The number of carbonyl (C=O) groups excluding carboxylic acids is 1. The number of aldehydes is 1. The van der Waals surface area contributed by atoms with Crippen molar-refractivity contribution >= 4 is 18.1 Å². The van der Waals surface area contributed by atoms with Gasteiger partial charge in [0.05, 0.1) is 6.54 Å². The topological polar surface area (TPSA) is 72.9 Å². The molecule has 1 aliphatic rings. The van der Waals surface area contributed by atoms with Crippen LogP contribution in [0.25, 0.3) is 0 Å². The van der Waals surface area contributed by atoms with E-state index < -0.39 is 11.8 Å². The molecule has 1 amide bonds. The predicted molar refractivity (Wildman–Crippen MR) is 85.3 cm³/mol. The summed E-state index contributed by atoms with van der Waals surface area (Å²) in [6, 6.07) is 6.10. The van der Waals surface area contributed by atoms with E-state index >= 15 is 0 Å². The van der Waals surface area contributed by atoms with Gasteiger partial charge < -0.3 is 14.8 Å². The van der Waals surface area contributed by atoms with Gasteiger partial charge in [0.15, 0.2) is 0 Å². The average molecular weight is 305 g/mol. The molecule has 0 spiro atoms. The van der Waals surface area contributed by atoms with Gasteiger partial charge in [0.1, 0.15) is 11.9 Å². The lowest BCUT2D eigenvalue weighted by Gasteiger charge is -2.49. The summed E-state index contributed by atoms with van der Waals surface area (Å²) in [6.07, 6.45) is -0.104. The molecule has 2 N–H and O–H groups in total. The van der Waals surface area contributed by atoms with Crippen LogP contribution in [-0.4, -0.2) is 54.7 Å². The summed E-state index contributed by atoms with van der Waals surface area (Å²) in [5.74, 6) is 0. The molecule has 1 unspecified atom stereocenters. The zero-order valence-electron chi connectivity index (χ0n) is 13.3. The summed E-state index contributed by atoms with van der Waals surface area (Å²) in [4.78, 5) is 26.1. The number of rotatable bonds is 4. The molecule has 1 saturated heterocycles. The first-order chi connectivity index (χ1) is 10.4. The zero-order valence-corrected chi connectivity index (χ0v) is 13.3. The van der Waals surface area contributed by atoms with E-state index in [1.54, 1.807) is 7.05 Å². The zero-order chi connectivity index (χ0) is 16.3. The van der Waals surface area contributed by atoms with Crippen LogP contribution in [0.2, 0.25) is 0 Å². The van der Waals surface area contributed by atoms with Crippen LogP contribution in [0.3, 0.4) is 0 Å².